The van der Waals surface area contributed by atoms with Gasteiger partial charge in [-0.05, 0) is 72.9 Å². The monoisotopic (exact) mass is 416 g/mol. The van der Waals surface area contributed by atoms with Crippen LogP contribution in [0, 0.1) is 5.92 Å². The maximum Gasteiger partial charge on any atom is 0.227 e. The Kier molecular flexibility index (Phi) is 5.94. The summed E-state index contributed by atoms with van der Waals surface area (Å²) < 4.78 is 5.28. The van der Waals surface area contributed by atoms with Crippen LogP contribution in [-0.4, -0.2) is 18.9 Å². The van der Waals surface area contributed by atoms with Crippen molar-refractivity contribution in [2.24, 2.45) is 5.92 Å². The number of nitrogens with one attached hydrogen (secondary N) is 2. The maximum absolute atomic E-state index is 12.9. The first kappa shape index (κ1) is 20.9. The van der Waals surface area contributed by atoms with Crippen LogP contribution in [0.5, 0.6) is 5.75 Å². The van der Waals surface area contributed by atoms with Gasteiger partial charge in [-0.2, -0.15) is 0 Å². The first-order chi connectivity index (χ1) is 14.9. The van der Waals surface area contributed by atoms with E-state index in [4.69, 9.17) is 4.74 Å². The van der Waals surface area contributed by atoms with Crippen molar-refractivity contribution in [3.05, 3.63) is 71.8 Å². The predicted octanol–water partition coefficient (Wildman–Crippen LogP) is 5.18. The highest BCUT2D eigenvalue weighted by atomic mass is 16.5. The number of carbonyl (C=O) groups is 2. The molecule has 2 atom stereocenters. The van der Waals surface area contributed by atoms with E-state index in [0.29, 0.717) is 0 Å². The molecule has 0 radical (unpaired) electrons. The molecule has 1 aliphatic rings. The highest BCUT2D eigenvalue weighted by Gasteiger charge is 2.29. The molecule has 0 saturated heterocycles. The number of benzene rings is 3. The molecule has 0 aliphatic heterocycles. The molecule has 2 N–H and O–H groups in total. The summed E-state index contributed by atoms with van der Waals surface area (Å²) in [7, 11) is 1.65. The Morgan fingerprint density at radius 1 is 0.903 bits per heavy atom. The Bertz CT molecular complexity index is 1100. The van der Waals surface area contributed by atoms with Gasteiger partial charge in [0.15, 0.2) is 0 Å². The normalized spacial score (nSPS) is 15.2. The summed E-state index contributed by atoms with van der Waals surface area (Å²) in [5, 5.41) is 8.20. The van der Waals surface area contributed by atoms with Crippen molar-refractivity contribution >= 4 is 28.3 Å². The maximum atomic E-state index is 12.9. The second kappa shape index (κ2) is 8.80. The number of fused-ring (bicyclic) bond motifs is 1. The van der Waals surface area contributed by atoms with Crippen LogP contribution in [0.4, 0.5) is 5.69 Å². The lowest BCUT2D eigenvalue weighted by Crippen LogP contribution is -2.30. The molecule has 2 amide bonds. The van der Waals surface area contributed by atoms with Gasteiger partial charge >= 0.3 is 0 Å². The van der Waals surface area contributed by atoms with Gasteiger partial charge in [0.2, 0.25) is 11.8 Å². The number of hydrogen-bond donors (Lipinski definition) is 2. The molecular formula is C26H28N2O3. The quantitative estimate of drug-likeness (QED) is 0.558. The van der Waals surface area contributed by atoms with Crippen molar-refractivity contribution < 1.29 is 14.3 Å². The fourth-order valence-corrected chi connectivity index (χ4v) is 3.66. The standard InChI is InChI=1S/C26H28N2O3/c1-16(20-6-7-22-15-24(31-3)13-10-21(22)14-20)25(29)27-17(2)18-8-11-23(12-9-18)28-26(30)19-4-5-19/h6-17,19H,4-5H2,1-3H3,(H,27,29)(H,28,30)/t16-,17?/m0/s1. The zero-order chi connectivity index (χ0) is 22.0. The lowest BCUT2D eigenvalue weighted by Gasteiger charge is -2.19. The molecule has 1 saturated carbocycles. The van der Waals surface area contributed by atoms with Crippen LogP contribution in [0.15, 0.2) is 60.7 Å². The van der Waals surface area contributed by atoms with Gasteiger partial charge in [-0.1, -0.05) is 36.4 Å². The van der Waals surface area contributed by atoms with Crippen LogP contribution >= 0.6 is 0 Å². The summed E-state index contributed by atoms with van der Waals surface area (Å²) in [6.07, 6.45) is 1.97. The van der Waals surface area contributed by atoms with Crippen LogP contribution in [0.1, 0.15) is 49.8 Å². The zero-order valence-corrected chi connectivity index (χ0v) is 18.1. The average molecular weight is 417 g/mol. The molecule has 31 heavy (non-hydrogen) atoms. The number of amides is 2. The fraction of sp³-hybridized carbons (Fsp3) is 0.308. The number of hydrogen-bond acceptors (Lipinski definition) is 3. The molecule has 0 heterocycles. The molecule has 1 fully saturated rings. The van der Waals surface area contributed by atoms with Gasteiger partial charge in [0.25, 0.3) is 0 Å². The van der Waals surface area contributed by atoms with E-state index in [1.165, 1.54) is 0 Å². The minimum Gasteiger partial charge on any atom is -0.497 e. The van der Waals surface area contributed by atoms with Crippen molar-refractivity contribution in [1.82, 2.24) is 5.32 Å². The molecule has 1 unspecified atom stereocenters. The molecule has 160 valence electrons. The molecule has 0 bridgehead atoms. The van der Waals surface area contributed by atoms with Crippen LogP contribution < -0.4 is 15.4 Å². The fourth-order valence-electron chi connectivity index (χ4n) is 3.66. The molecule has 0 aromatic heterocycles. The van der Waals surface area contributed by atoms with Crippen LogP contribution in [0.2, 0.25) is 0 Å². The third-order valence-corrected chi connectivity index (χ3v) is 5.95. The second-order valence-electron chi connectivity index (χ2n) is 8.31. The summed E-state index contributed by atoms with van der Waals surface area (Å²) in [6.45, 7) is 3.89. The number of ether oxygens (including phenoxy) is 1. The Morgan fingerprint density at radius 3 is 2.23 bits per heavy atom. The van der Waals surface area contributed by atoms with E-state index in [9.17, 15) is 9.59 Å². The SMILES string of the molecule is COc1ccc2cc([C@H](C)C(=O)NC(C)c3ccc(NC(=O)C4CC4)cc3)ccc2c1. The molecule has 5 nitrogen and oxygen atoms in total. The third kappa shape index (κ3) is 4.88. The van der Waals surface area contributed by atoms with E-state index in [1.54, 1.807) is 7.11 Å². The molecule has 5 heteroatoms. The highest BCUT2D eigenvalue weighted by molar-refractivity contribution is 5.94. The summed E-state index contributed by atoms with van der Waals surface area (Å²) in [5.74, 6) is 0.795. The second-order valence-corrected chi connectivity index (χ2v) is 8.31. The van der Waals surface area contributed by atoms with Crippen molar-refractivity contribution in [3.8, 4) is 5.75 Å². The summed E-state index contributed by atoms with van der Waals surface area (Å²) in [5.41, 5.74) is 2.76. The number of methoxy groups -OCH3 is 1. The first-order valence-corrected chi connectivity index (χ1v) is 10.7. The Hall–Kier alpha value is -3.34. The lowest BCUT2D eigenvalue weighted by atomic mass is 9.96. The molecule has 4 rings (SSSR count). The molecule has 3 aromatic carbocycles. The van der Waals surface area contributed by atoms with Crippen molar-refractivity contribution in [3.63, 3.8) is 0 Å². The molecule has 1 aliphatic carbocycles. The minimum atomic E-state index is -0.272. The van der Waals surface area contributed by atoms with Gasteiger partial charge in [0, 0.05) is 11.6 Å². The van der Waals surface area contributed by atoms with E-state index >= 15 is 0 Å². The van der Waals surface area contributed by atoms with Crippen LogP contribution in [0.3, 0.4) is 0 Å². The van der Waals surface area contributed by atoms with Gasteiger partial charge in [-0.25, -0.2) is 0 Å². The number of carbonyl (C=O) groups excluding carboxylic acids is 2. The third-order valence-electron chi connectivity index (χ3n) is 5.95. The van der Waals surface area contributed by atoms with Crippen LogP contribution in [0.25, 0.3) is 10.8 Å². The first-order valence-electron chi connectivity index (χ1n) is 10.7. The predicted molar refractivity (Wildman–Crippen MR) is 123 cm³/mol. The van der Waals surface area contributed by atoms with E-state index in [0.717, 1.165) is 46.2 Å². The topological polar surface area (TPSA) is 67.4 Å². The van der Waals surface area contributed by atoms with Crippen molar-refractivity contribution in [1.29, 1.82) is 0 Å². The van der Waals surface area contributed by atoms with Gasteiger partial charge in [-0.15, -0.1) is 0 Å². The molecule has 3 aromatic rings. The van der Waals surface area contributed by atoms with E-state index in [1.807, 2.05) is 68.4 Å². The highest BCUT2D eigenvalue weighted by Crippen LogP contribution is 2.30. The summed E-state index contributed by atoms with van der Waals surface area (Å²) in [4.78, 5) is 24.8. The lowest BCUT2D eigenvalue weighted by molar-refractivity contribution is -0.123. The zero-order valence-electron chi connectivity index (χ0n) is 18.1. The molecular weight excluding hydrogens is 388 g/mol. The van der Waals surface area contributed by atoms with E-state index < -0.39 is 0 Å². The Balaban J connectivity index is 1.39. The van der Waals surface area contributed by atoms with Crippen molar-refractivity contribution in [2.45, 2.75) is 38.6 Å². The van der Waals surface area contributed by atoms with E-state index in [-0.39, 0.29) is 29.7 Å². The minimum absolute atomic E-state index is 0.0218. The Labute approximate surface area is 182 Å². The molecule has 0 spiro atoms. The average Bonchev–Trinajstić information content (AvgIpc) is 3.64. The van der Waals surface area contributed by atoms with Crippen molar-refractivity contribution in [2.75, 3.05) is 12.4 Å². The van der Waals surface area contributed by atoms with Gasteiger partial charge in [0.1, 0.15) is 5.75 Å². The number of anilines is 1. The summed E-state index contributed by atoms with van der Waals surface area (Å²) >= 11 is 0. The largest absolute Gasteiger partial charge is 0.497 e. The van der Waals surface area contributed by atoms with Gasteiger partial charge < -0.3 is 15.4 Å². The smallest absolute Gasteiger partial charge is 0.227 e. The van der Waals surface area contributed by atoms with E-state index in [2.05, 4.69) is 16.7 Å². The summed E-state index contributed by atoms with van der Waals surface area (Å²) in [6, 6.07) is 19.5. The van der Waals surface area contributed by atoms with Gasteiger partial charge in [0.05, 0.1) is 19.1 Å². The van der Waals surface area contributed by atoms with Gasteiger partial charge in [-0.3, -0.25) is 9.59 Å². The van der Waals surface area contributed by atoms with Crippen LogP contribution in [-0.2, 0) is 9.59 Å². The number of rotatable bonds is 7. The Morgan fingerprint density at radius 2 is 1.55 bits per heavy atom.